The molecular weight excluding hydrogens is 184 g/mol. The molecule has 1 saturated carbocycles. The molecule has 1 aliphatic rings. The van der Waals surface area contributed by atoms with Crippen LogP contribution in [0.1, 0.15) is 49.8 Å². The topological polar surface area (TPSA) is 38.9 Å². The molecular formula is C13H20N2. The zero-order valence-corrected chi connectivity index (χ0v) is 9.50. The molecule has 1 heterocycles. The van der Waals surface area contributed by atoms with Gasteiger partial charge in [-0.15, -0.1) is 0 Å². The van der Waals surface area contributed by atoms with Gasteiger partial charge in [0.15, 0.2) is 0 Å². The Balaban J connectivity index is 2.22. The second-order valence-corrected chi connectivity index (χ2v) is 4.76. The summed E-state index contributed by atoms with van der Waals surface area (Å²) in [5.41, 5.74) is 8.66. The van der Waals surface area contributed by atoms with Crippen molar-refractivity contribution in [2.45, 2.75) is 51.0 Å². The van der Waals surface area contributed by atoms with Crippen molar-refractivity contribution in [3.63, 3.8) is 0 Å². The molecule has 0 aliphatic heterocycles. The van der Waals surface area contributed by atoms with E-state index in [1.807, 2.05) is 13.1 Å². The molecule has 0 radical (unpaired) electrons. The number of pyridine rings is 1. The zero-order valence-electron chi connectivity index (χ0n) is 9.50. The van der Waals surface area contributed by atoms with Crippen LogP contribution in [0.5, 0.6) is 0 Å². The summed E-state index contributed by atoms with van der Waals surface area (Å²) in [6.07, 6.45) is 9.35. The van der Waals surface area contributed by atoms with Gasteiger partial charge in [0, 0.05) is 17.4 Å². The number of aryl methyl sites for hydroxylation is 1. The van der Waals surface area contributed by atoms with E-state index in [1.54, 1.807) is 0 Å². The van der Waals surface area contributed by atoms with E-state index >= 15 is 0 Å². The van der Waals surface area contributed by atoms with Crippen LogP contribution >= 0.6 is 0 Å². The first-order valence-electron chi connectivity index (χ1n) is 5.93. The average molecular weight is 204 g/mol. The number of rotatable bonds is 1. The summed E-state index contributed by atoms with van der Waals surface area (Å²) in [6, 6.07) is 4.21. The number of aromatic nitrogens is 1. The predicted octanol–water partition coefficient (Wildman–Crippen LogP) is 2.90. The molecule has 1 aromatic heterocycles. The van der Waals surface area contributed by atoms with E-state index in [4.69, 9.17) is 5.73 Å². The molecule has 0 unspecified atom stereocenters. The summed E-state index contributed by atoms with van der Waals surface area (Å²) in [4.78, 5) is 4.35. The Kier molecular flexibility index (Phi) is 3.06. The highest BCUT2D eigenvalue weighted by molar-refractivity contribution is 5.22. The first-order valence-corrected chi connectivity index (χ1v) is 5.93. The van der Waals surface area contributed by atoms with Crippen LogP contribution in [0, 0.1) is 6.92 Å². The zero-order chi connectivity index (χ0) is 10.7. The number of hydrogen-bond donors (Lipinski definition) is 1. The van der Waals surface area contributed by atoms with Crippen LogP contribution in [0.2, 0.25) is 0 Å². The van der Waals surface area contributed by atoms with Crippen LogP contribution < -0.4 is 5.73 Å². The highest BCUT2D eigenvalue weighted by atomic mass is 14.8. The minimum Gasteiger partial charge on any atom is -0.321 e. The van der Waals surface area contributed by atoms with E-state index in [9.17, 15) is 0 Å². The number of hydrogen-bond acceptors (Lipinski definition) is 2. The Labute approximate surface area is 91.9 Å². The van der Waals surface area contributed by atoms with Gasteiger partial charge in [0.25, 0.3) is 0 Å². The first kappa shape index (κ1) is 10.6. The molecule has 1 fully saturated rings. The Hall–Kier alpha value is -0.890. The fraction of sp³-hybridized carbons (Fsp3) is 0.615. The smallest absolute Gasteiger partial charge is 0.0425 e. The molecule has 0 atom stereocenters. The lowest BCUT2D eigenvalue weighted by molar-refractivity contribution is 0.384. The largest absolute Gasteiger partial charge is 0.321 e. The Morgan fingerprint density at radius 1 is 1.13 bits per heavy atom. The molecule has 0 aromatic carbocycles. The van der Waals surface area contributed by atoms with Gasteiger partial charge in [-0.2, -0.15) is 0 Å². The van der Waals surface area contributed by atoms with E-state index < -0.39 is 0 Å². The fourth-order valence-electron chi connectivity index (χ4n) is 2.41. The lowest BCUT2D eigenvalue weighted by Gasteiger charge is -2.28. The summed E-state index contributed by atoms with van der Waals surface area (Å²) < 4.78 is 0. The summed E-state index contributed by atoms with van der Waals surface area (Å²) in [5, 5.41) is 0. The van der Waals surface area contributed by atoms with Crippen LogP contribution in [-0.2, 0) is 5.54 Å². The van der Waals surface area contributed by atoms with Crippen molar-refractivity contribution in [3.8, 4) is 0 Å². The molecule has 0 saturated heterocycles. The molecule has 1 aromatic rings. The lowest BCUT2D eigenvalue weighted by atomic mass is 9.85. The highest BCUT2D eigenvalue weighted by Crippen LogP contribution is 2.33. The normalized spacial score (nSPS) is 20.9. The summed E-state index contributed by atoms with van der Waals surface area (Å²) in [6.45, 7) is 2.01. The molecule has 0 bridgehead atoms. The van der Waals surface area contributed by atoms with E-state index in [0.29, 0.717) is 0 Å². The third-order valence-electron chi connectivity index (χ3n) is 3.48. The van der Waals surface area contributed by atoms with Gasteiger partial charge in [0.1, 0.15) is 0 Å². The summed E-state index contributed by atoms with van der Waals surface area (Å²) in [5.74, 6) is 0. The van der Waals surface area contributed by atoms with Gasteiger partial charge in [-0.1, -0.05) is 31.7 Å². The molecule has 15 heavy (non-hydrogen) atoms. The summed E-state index contributed by atoms with van der Waals surface area (Å²) in [7, 11) is 0. The van der Waals surface area contributed by atoms with Gasteiger partial charge in [-0.3, -0.25) is 4.98 Å². The standard InChI is InChI=1S/C13H20N2/c1-11-6-7-12(10-15-11)13(14)8-4-2-3-5-9-13/h6-7,10H,2-5,8-9,14H2,1H3. The molecule has 82 valence electrons. The van der Waals surface area contributed by atoms with E-state index in [-0.39, 0.29) is 5.54 Å². The molecule has 0 spiro atoms. The van der Waals surface area contributed by atoms with Gasteiger partial charge in [0.05, 0.1) is 0 Å². The number of nitrogens with two attached hydrogens (primary N) is 1. The highest BCUT2D eigenvalue weighted by Gasteiger charge is 2.28. The van der Waals surface area contributed by atoms with Gasteiger partial charge in [0.2, 0.25) is 0 Å². The molecule has 2 rings (SSSR count). The second kappa shape index (κ2) is 4.31. The molecule has 2 N–H and O–H groups in total. The van der Waals surface area contributed by atoms with Gasteiger partial charge >= 0.3 is 0 Å². The van der Waals surface area contributed by atoms with Crippen molar-refractivity contribution < 1.29 is 0 Å². The summed E-state index contributed by atoms with van der Waals surface area (Å²) >= 11 is 0. The van der Waals surface area contributed by atoms with Crippen molar-refractivity contribution in [2.75, 3.05) is 0 Å². The minimum atomic E-state index is -0.114. The van der Waals surface area contributed by atoms with Crippen molar-refractivity contribution in [2.24, 2.45) is 5.73 Å². The van der Waals surface area contributed by atoms with Crippen molar-refractivity contribution in [1.82, 2.24) is 4.98 Å². The molecule has 0 amide bonds. The lowest BCUT2D eigenvalue weighted by Crippen LogP contribution is -2.36. The fourth-order valence-corrected chi connectivity index (χ4v) is 2.41. The van der Waals surface area contributed by atoms with Crippen molar-refractivity contribution in [1.29, 1.82) is 0 Å². The van der Waals surface area contributed by atoms with Gasteiger partial charge in [-0.25, -0.2) is 0 Å². The predicted molar refractivity (Wildman–Crippen MR) is 62.5 cm³/mol. The van der Waals surface area contributed by atoms with Crippen LogP contribution in [0.25, 0.3) is 0 Å². The van der Waals surface area contributed by atoms with E-state index in [2.05, 4.69) is 17.1 Å². The van der Waals surface area contributed by atoms with E-state index in [1.165, 1.54) is 31.2 Å². The Morgan fingerprint density at radius 2 is 1.80 bits per heavy atom. The quantitative estimate of drug-likeness (QED) is 0.714. The third-order valence-corrected chi connectivity index (χ3v) is 3.48. The molecule has 2 heteroatoms. The van der Waals surface area contributed by atoms with Crippen LogP contribution in [-0.4, -0.2) is 4.98 Å². The maximum Gasteiger partial charge on any atom is 0.0425 e. The SMILES string of the molecule is Cc1ccc(C2(N)CCCCCC2)cn1. The molecule has 1 aliphatic carbocycles. The van der Waals surface area contributed by atoms with Crippen LogP contribution in [0.4, 0.5) is 0 Å². The van der Waals surface area contributed by atoms with Crippen molar-refractivity contribution >= 4 is 0 Å². The second-order valence-electron chi connectivity index (χ2n) is 4.76. The average Bonchev–Trinajstić information content (AvgIpc) is 2.45. The van der Waals surface area contributed by atoms with Gasteiger partial charge in [-0.05, 0) is 31.4 Å². The van der Waals surface area contributed by atoms with Gasteiger partial charge < -0.3 is 5.73 Å². The molecule has 2 nitrogen and oxygen atoms in total. The third kappa shape index (κ3) is 2.37. The maximum absolute atomic E-state index is 6.49. The Morgan fingerprint density at radius 3 is 2.33 bits per heavy atom. The van der Waals surface area contributed by atoms with Crippen LogP contribution in [0.3, 0.4) is 0 Å². The first-order chi connectivity index (χ1) is 7.21. The minimum absolute atomic E-state index is 0.114. The van der Waals surface area contributed by atoms with Crippen molar-refractivity contribution in [3.05, 3.63) is 29.6 Å². The number of nitrogens with zero attached hydrogens (tertiary/aromatic N) is 1. The monoisotopic (exact) mass is 204 g/mol. The van der Waals surface area contributed by atoms with E-state index in [0.717, 1.165) is 18.5 Å². The van der Waals surface area contributed by atoms with Crippen LogP contribution in [0.15, 0.2) is 18.3 Å². The maximum atomic E-state index is 6.49. The Bertz CT molecular complexity index is 308.